The first kappa shape index (κ1) is 22.5. The average molecular weight is 458 g/mol. The van der Waals surface area contributed by atoms with Crippen molar-refractivity contribution < 1.29 is 18.0 Å². The minimum atomic E-state index is -3.59. The second-order valence-electron chi connectivity index (χ2n) is 6.78. The van der Waals surface area contributed by atoms with E-state index >= 15 is 0 Å². The number of nitrogens with one attached hydrogen (secondary N) is 2. The molecule has 160 valence electrons. The van der Waals surface area contributed by atoms with E-state index in [4.69, 9.17) is 11.6 Å². The second kappa shape index (κ2) is 9.30. The lowest BCUT2D eigenvalue weighted by Crippen LogP contribution is -2.22. The molecule has 3 rings (SSSR count). The number of nitrogens with zero attached hydrogens (tertiary/aromatic N) is 1. The van der Waals surface area contributed by atoms with Gasteiger partial charge in [-0.2, -0.15) is 0 Å². The molecule has 7 nitrogen and oxygen atoms in total. The summed E-state index contributed by atoms with van der Waals surface area (Å²) in [5.74, 6) is -0.887. The number of amides is 2. The van der Waals surface area contributed by atoms with Crippen LogP contribution in [0.1, 0.15) is 20.7 Å². The lowest BCUT2D eigenvalue weighted by molar-refractivity contribution is 0.102. The van der Waals surface area contributed by atoms with E-state index in [-0.39, 0.29) is 16.0 Å². The summed E-state index contributed by atoms with van der Waals surface area (Å²) in [6.45, 7) is 0. The molecular weight excluding hydrogens is 438 g/mol. The number of hydrogen-bond acceptors (Lipinski definition) is 4. The average Bonchev–Trinajstić information content (AvgIpc) is 2.74. The molecule has 31 heavy (non-hydrogen) atoms. The Kier molecular flexibility index (Phi) is 6.74. The molecule has 3 aromatic carbocycles. The number of sulfonamides is 1. The fraction of sp³-hybridized carbons (Fsp3) is 0.0909. The van der Waals surface area contributed by atoms with Crippen LogP contribution in [0.5, 0.6) is 0 Å². The van der Waals surface area contributed by atoms with Gasteiger partial charge in [0.1, 0.15) is 0 Å². The molecule has 0 saturated heterocycles. The zero-order chi connectivity index (χ0) is 22.6. The molecule has 0 heterocycles. The van der Waals surface area contributed by atoms with Crippen LogP contribution in [0.2, 0.25) is 5.02 Å². The highest BCUT2D eigenvalue weighted by atomic mass is 35.5. The van der Waals surface area contributed by atoms with Crippen molar-refractivity contribution in [2.75, 3.05) is 24.7 Å². The minimum absolute atomic E-state index is 0.0790. The van der Waals surface area contributed by atoms with E-state index in [0.717, 1.165) is 4.31 Å². The van der Waals surface area contributed by atoms with Crippen molar-refractivity contribution in [3.8, 4) is 0 Å². The third kappa shape index (κ3) is 5.29. The normalized spacial score (nSPS) is 11.2. The fourth-order valence-electron chi connectivity index (χ4n) is 2.74. The molecule has 0 aliphatic heterocycles. The van der Waals surface area contributed by atoms with Crippen molar-refractivity contribution in [3.05, 3.63) is 88.9 Å². The van der Waals surface area contributed by atoms with Gasteiger partial charge >= 0.3 is 0 Å². The van der Waals surface area contributed by atoms with Crippen molar-refractivity contribution in [2.24, 2.45) is 0 Å². The molecule has 2 N–H and O–H groups in total. The first-order valence-corrected chi connectivity index (χ1v) is 11.0. The predicted molar refractivity (Wildman–Crippen MR) is 121 cm³/mol. The maximum absolute atomic E-state index is 12.7. The maximum atomic E-state index is 12.7. The van der Waals surface area contributed by atoms with Crippen molar-refractivity contribution in [1.29, 1.82) is 0 Å². The summed E-state index contributed by atoms with van der Waals surface area (Å²) < 4.78 is 25.4. The van der Waals surface area contributed by atoms with Crippen molar-refractivity contribution in [2.45, 2.75) is 4.90 Å². The molecule has 0 unspecified atom stereocenters. The molecule has 3 aromatic rings. The molecule has 0 fully saturated rings. The van der Waals surface area contributed by atoms with E-state index in [1.54, 1.807) is 48.5 Å². The van der Waals surface area contributed by atoms with Gasteiger partial charge in [0.2, 0.25) is 10.0 Å². The Bertz CT molecular complexity index is 1230. The lowest BCUT2D eigenvalue weighted by atomic mass is 10.1. The van der Waals surface area contributed by atoms with Crippen LogP contribution in [0.15, 0.2) is 77.7 Å². The highest BCUT2D eigenvalue weighted by Crippen LogP contribution is 2.21. The fourth-order valence-corrected chi connectivity index (χ4v) is 3.83. The standard InChI is InChI=1S/C22H20ClN3O4S/c1-26(2)31(29,30)18-12-10-15(11-13-18)21(27)25-20-9-4-3-8-19(20)22(28)24-17-7-5-6-16(23)14-17/h3-14H,1-2H3,(H,24,28)(H,25,27). The van der Waals surface area contributed by atoms with Gasteiger partial charge in [-0.15, -0.1) is 0 Å². The Hall–Kier alpha value is -3.20. The summed E-state index contributed by atoms with van der Waals surface area (Å²) in [6.07, 6.45) is 0. The lowest BCUT2D eigenvalue weighted by Gasteiger charge is -2.13. The smallest absolute Gasteiger partial charge is 0.257 e. The Balaban J connectivity index is 1.79. The van der Waals surface area contributed by atoms with Gasteiger partial charge in [-0.3, -0.25) is 9.59 Å². The number of hydrogen-bond donors (Lipinski definition) is 2. The molecule has 0 aliphatic carbocycles. The number of para-hydroxylation sites is 1. The topological polar surface area (TPSA) is 95.6 Å². The molecule has 0 saturated carbocycles. The van der Waals surface area contributed by atoms with Gasteiger partial charge in [-0.1, -0.05) is 29.8 Å². The molecule has 9 heteroatoms. The number of halogens is 1. The predicted octanol–water partition coefficient (Wildman–Crippen LogP) is 4.09. The van der Waals surface area contributed by atoms with E-state index < -0.39 is 21.8 Å². The molecular formula is C22H20ClN3O4S. The van der Waals surface area contributed by atoms with E-state index in [1.165, 1.54) is 38.4 Å². The van der Waals surface area contributed by atoms with Crippen LogP contribution in [0.4, 0.5) is 11.4 Å². The van der Waals surface area contributed by atoms with Gasteiger partial charge in [-0.05, 0) is 54.6 Å². The molecule has 0 bridgehead atoms. The summed E-state index contributed by atoms with van der Waals surface area (Å²) in [6, 6.07) is 18.9. The van der Waals surface area contributed by atoms with Crippen LogP contribution in [-0.2, 0) is 10.0 Å². The SMILES string of the molecule is CN(C)S(=O)(=O)c1ccc(C(=O)Nc2ccccc2C(=O)Nc2cccc(Cl)c2)cc1. The summed E-state index contributed by atoms with van der Waals surface area (Å²) in [5, 5.41) is 5.93. The second-order valence-corrected chi connectivity index (χ2v) is 9.36. The molecule has 2 amide bonds. The van der Waals surface area contributed by atoms with Gasteiger partial charge in [0.05, 0.1) is 16.1 Å². The quantitative estimate of drug-likeness (QED) is 0.582. The number of carbonyl (C=O) groups is 2. The molecule has 0 atom stereocenters. The Morgan fingerprint density at radius 1 is 0.839 bits per heavy atom. The van der Waals surface area contributed by atoms with Crippen LogP contribution in [0, 0.1) is 0 Å². The van der Waals surface area contributed by atoms with Gasteiger partial charge in [0.15, 0.2) is 0 Å². The summed E-state index contributed by atoms with van der Waals surface area (Å²) in [5.41, 5.74) is 1.36. The highest BCUT2D eigenvalue weighted by Gasteiger charge is 2.18. The molecule has 0 spiro atoms. The monoisotopic (exact) mass is 457 g/mol. The van der Waals surface area contributed by atoms with Gasteiger partial charge in [-0.25, -0.2) is 12.7 Å². The Morgan fingerprint density at radius 3 is 2.16 bits per heavy atom. The third-order valence-corrected chi connectivity index (χ3v) is 6.46. The number of benzene rings is 3. The zero-order valence-corrected chi connectivity index (χ0v) is 18.4. The van der Waals surface area contributed by atoms with Crippen LogP contribution in [-0.4, -0.2) is 38.6 Å². The van der Waals surface area contributed by atoms with E-state index in [2.05, 4.69) is 10.6 Å². The first-order valence-electron chi connectivity index (χ1n) is 9.18. The summed E-state index contributed by atoms with van der Waals surface area (Å²) in [4.78, 5) is 25.5. The molecule has 0 radical (unpaired) electrons. The summed E-state index contributed by atoms with van der Waals surface area (Å²) >= 11 is 5.95. The van der Waals surface area contributed by atoms with Crippen LogP contribution < -0.4 is 10.6 Å². The van der Waals surface area contributed by atoms with Crippen molar-refractivity contribution in [1.82, 2.24) is 4.31 Å². The maximum Gasteiger partial charge on any atom is 0.257 e. The highest BCUT2D eigenvalue weighted by molar-refractivity contribution is 7.89. The van der Waals surface area contributed by atoms with E-state index in [1.807, 2.05) is 0 Å². The van der Waals surface area contributed by atoms with Gasteiger partial charge in [0.25, 0.3) is 11.8 Å². The van der Waals surface area contributed by atoms with Crippen LogP contribution >= 0.6 is 11.6 Å². The van der Waals surface area contributed by atoms with Crippen LogP contribution in [0.25, 0.3) is 0 Å². The number of rotatable bonds is 6. The third-order valence-electron chi connectivity index (χ3n) is 4.40. The first-order chi connectivity index (χ1) is 14.7. The number of anilines is 2. The largest absolute Gasteiger partial charge is 0.322 e. The molecule has 0 aromatic heterocycles. The van der Waals surface area contributed by atoms with Crippen molar-refractivity contribution in [3.63, 3.8) is 0 Å². The van der Waals surface area contributed by atoms with Crippen LogP contribution in [0.3, 0.4) is 0 Å². The Morgan fingerprint density at radius 2 is 1.52 bits per heavy atom. The summed E-state index contributed by atoms with van der Waals surface area (Å²) in [7, 11) is -0.726. The van der Waals surface area contributed by atoms with E-state index in [0.29, 0.717) is 16.4 Å². The molecule has 0 aliphatic rings. The minimum Gasteiger partial charge on any atom is -0.322 e. The van der Waals surface area contributed by atoms with Crippen molar-refractivity contribution >= 4 is 44.8 Å². The number of carbonyl (C=O) groups excluding carboxylic acids is 2. The van der Waals surface area contributed by atoms with E-state index in [9.17, 15) is 18.0 Å². The van der Waals surface area contributed by atoms with Gasteiger partial charge < -0.3 is 10.6 Å². The Labute approximate surface area is 185 Å². The zero-order valence-electron chi connectivity index (χ0n) is 16.8. The van der Waals surface area contributed by atoms with Gasteiger partial charge in [0, 0.05) is 30.4 Å².